The van der Waals surface area contributed by atoms with Gasteiger partial charge >= 0.3 is 0 Å². The van der Waals surface area contributed by atoms with E-state index in [0.29, 0.717) is 17.6 Å². The van der Waals surface area contributed by atoms with Crippen LogP contribution in [0, 0.1) is 0 Å². The first kappa shape index (κ1) is 21.5. The molecule has 0 unspecified atom stereocenters. The summed E-state index contributed by atoms with van der Waals surface area (Å²) in [6, 6.07) is 19.2. The van der Waals surface area contributed by atoms with E-state index >= 15 is 0 Å². The van der Waals surface area contributed by atoms with Crippen molar-refractivity contribution in [3.05, 3.63) is 83.8 Å². The first-order valence-electron chi connectivity index (χ1n) is 10.9. The maximum Gasteiger partial charge on any atom is 0.188 e. The molecule has 0 spiro atoms. The number of rotatable bonds is 7. The van der Waals surface area contributed by atoms with Crippen LogP contribution in [0.25, 0.3) is 11.1 Å². The molecule has 0 saturated carbocycles. The lowest BCUT2D eigenvalue weighted by Gasteiger charge is -2.44. The first-order chi connectivity index (χ1) is 15.0. The molecular weight excluding hydrogens is 388 g/mol. The quantitative estimate of drug-likeness (QED) is 0.583. The highest BCUT2D eigenvalue weighted by atomic mass is 16.3. The lowest BCUT2D eigenvalue weighted by atomic mass is 10.0. The number of benzene rings is 2. The second kappa shape index (κ2) is 9.60. The highest BCUT2D eigenvalue weighted by molar-refractivity contribution is 5.96. The molecule has 162 valence electrons. The van der Waals surface area contributed by atoms with Crippen molar-refractivity contribution in [2.75, 3.05) is 19.7 Å². The van der Waals surface area contributed by atoms with E-state index < -0.39 is 6.61 Å². The molecular formula is C26H30N2O3. The summed E-state index contributed by atoms with van der Waals surface area (Å²) < 4.78 is 5.18. The zero-order chi connectivity index (χ0) is 21.8. The molecule has 5 heteroatoms. The molecule has 1 N–H and O–H groups in total. The van der Waals surface area contributed by atoms with Crippen LogP contribution in [0.1, 0.15) is 35.3 Å². The zero-order valence-corrected chi connectivity index (χ0v) is 18.2. The van der Waals surface area contributed by atoms with Crippen LogP contribution in [-0.4, -0.2) is 52.5 Å². The lowest BCUT2D eigenvalue weighted by molar-refractivity contribution is 0.0290. The Labute approximate surface area is 183 Å². The molecule has 1 aromatic heterocycles. The predicted molar refractivity (Wildman–Crippen MR) is 122 cm³/mol. The van der Waals surface area contributed by atoms with Crippen LogP contribution in [0.5, 0.6) is 0 Å². The number of furan rings is 1. The summed E-state index contributed by atoms with van der Waals surface area (Å²) in [6.07, 6.45) is 3.48. The number of carbonyl (C=O) groups excluding carboxylic acids is 1. The molecule has 0 bridgehead atoms. The molecule has 1 fully saturated rings. The van der Waals surface area contributed by atoms with Crippen LogP contribution < -0.4 is 0 Å². The standard InChI is InChI=1S/C26H30N2O3/c1-19-13-27(15-21-5-9-24(10-6-21)26(30)17-29)14-20(2)28(19)16-22-3-7-23(8-4-22)25-11-12-31-18-25/h3-12,18-20,29H,13-17H2,1-2H3/t19-,20+. The smallest absolute Gasteiger partial charge is 0.188 e. The average molecular weight is 419 g/mol. The van der Waals surface area contributed by atoms with Crippen molar-refractivity contribution in [2.45, 2.75) is 39.0 Å². The molecule has 3 aromatic rings. The van der Waals surface area contributed by atoms with Gasteiger partial charge in [-0.15, -0.1) is 0 Å². The van der Waals surface area contributed by atoms with Gasteiger partial charge in [-0.3, -0.25) is 14.6 Å². The fourth-order valence-electron chi connectivity index (χ4n) is 4.49. The van der Waals surface area contributed by atoms with Crippen molar-refractivity contribution in [1.82, 2.24) is 9.80 Å². The lowest BCUT2D eigenvalue weighted by Crippen LogP contribution is -2.55. The minimum Gasteiger partial charge on any atom is -0.472 e. The maximum atomic E-state index is 11.6. The van der Waals surface area contributed by atoms with Crippen molar-refractivity contribution in [3.8, 4) is 11.1 Å². The molecule has 1 aliphatic rings. The van der Waals surface area contributed by atoms with Gasteiger partial charge in [-0.2, -0.15) is 0 Å². The fraction of sp³-hybridized carbons (Fsp3) is 0.346. The van der Waals surface area contributed by atoms with Gasteiger partial charge in [-0.1, -0.05) is 48.5 Å². The highest BCUT2D eigenvalue weighted by Crippen LogP contribution is 2.24. The Kier molecular flexibility index (Phi) is 6.66. The van der Waals surface area contributed by atoms with E-state index in [1.165, 1.54) is 16.7 Å². The van der Waals surface area contributed by atoms with Crippen LogP contribution >= 0.6 is 0 Å². The zero-order valence-electron chi connectivity index (χ0n) is 18.2. The van der Waals surface area contributed by atoms with E-state index in [9.17, 15) is 4.79 Å². The van der Waals surface area contributed by atoms with Crippen LogP contribution in [0.2, 0.25) is 0 Å². The van der Waals surface area contributed by atoms with E-state index in [0.717, 1.165) is 31.7 Å². The van der Waals surface area contributed by atoms with Gasteiger partial charge in [-0.05, 0) is 36.6 Å². The Morgan fingerprint density at radius 1 is 0.903 bits per heavy atom. The van der Waals surface area contributed by atoms with E-state index in [2.05, 4.69) is 47.9 Å². The summed E-state index contributed by atoms with van der Waals surface area (Å²) in [5.41, 5.74) is 5.36. The summed E-state index contributed by atoms with van der Waals surface area (Å²) in [5, 5.41) is 9.00. The minimum atomic E-state index is -0.442. The molecule has 0 amide bonds. The van der Waals surface area contributed by atoms with E-state index in [1.807, 2.05) is 30.3 Å². The molecule has 1 saturated heterocycles. The number of ketones is 1. The fourth-order valence-corrected chi connectivity index (χ4v) is 4.49. The second-order valence-electron chi connectivity index (χ2n) is 8.55. The minimum absolute atomic E-state index is 0.236. The maximum absolute atomic E-state index is 11.6. The van der Waals surface area contributed by atoms with Crippen molar-refractivity contribution < 1.29 is 14.3 Å². The molecule has 31 heavy (non-hydrogen) atoms. The normalized spacial score (nSPS) is 20.1. The Bertz CT molecular complexity index is 969. The molecule has 0 radical (unpaired) electrons. The Balaban J connectivity index is 1.35. The molecule has 4 rings (SSSR count). The molecule has 1 aliphatic heterocycles. The monoisotopic (exact) mass is 418 g/mol. The van der Waals surface area contributed by atoms with Gasteiger partial charge < -0.3 is 9.52 Å². The summed E-state index contributed by atoms with van der Waals surface area (Å²) in [6.45, 7) is 7.98. The third-order valence-corrected chi connectivity index (χ3v) is 6.18. The molecule has 2 heterocycles. The Hall–Kier alpha value is -2.73. The van der Waals surface area contributed by atoms with Gasteiger partial charge in [0.2, 0.25) is 0 Å². The van der Waals surface area contributed by atoms with E-state index in [4.69, 9.17) is 9.52 Å². The van der Waals surface area contributed by atoms with Gasteiger partial charge in [0, 0.05) is 49.4 Å². The van der Waals surface area contributed by atoms with Crippen LogP contribution in [0.3, 0.4) is 0 Å². The summed E-state index contributed by atoms with van der Waals surface area (Å²) >= 11 is 0. The number of aliphatic hydroxyl groups is 1. The number of carbonyl (C=O) groups is 1. The number of aliphatic hydroxyl groups excluding tert-OH is 1. The number of nitrogens with zero attached hydrogens (tertiary/aromatic N) is 2. The third-order valence-electron chi connectivity index (χ3n) is 6.18. The van der Waals surface area contributed by atoms with E-state index in [-0.39, 0.29) is 5.78 Å². The summed E-state index contributed by atoms with van der Waals surface area (Å²) in [7, 11) is 0. The van der Waals surface area contributed by atoms with Crippen molar-refractivity contribution in [2.24, 2.45) is 0 Å². The summed E-state index contributed by atoms with van der Waals surface area (Å²) in [4.78, 5) is 16.7. The van der Waals surface area contributed by atoms with Gasteiger partial charge in [0.25, 0.3) is 0 Å². The summed E-state index contributed by atoms with van der Waals surface area (Å²) in [5.74, 6) is -0.236. The largest absolute Gasteiger partial charge is 0.472 e. The van der Waals surface area contributed by atoms with Gasteiger partial charge in [-0.25, -0.2) is 0 Å². The highest BCUT2D eigenvalue weighted by Gasteiger charge is 2.29. The Morgan fingerprint density at radius 3 is 2.10 bits per heavy atom. The SMILES string of the molecule is C[C@@H]1CN(Cc2ccc(C(=O)CO)cc2)C[C@H](C)N1Cc1ccc(-c2ccoc2)cc1. The number of Topliss-reactive ketones (excluding diaryl/α,β-unsaturated/α-hetero) is 1. The second-order valence-corrected chi connectivity index (χ2v) is 8.55. The topological polar surface area (TPSA) is 56.9 Å². The van der Waals surface area contributed by atoms with Crippen LogP contribution in [-0.2, 0) is 13.1 Å². The van der Waals surface area contributed by atoms with Crippen molar-refractivity contribution in [3.63, 3.8) is 0 Å². The molecule has 2 aromatic carbocycles. The molecule has 0 aliphatic carbocycles. The average Bonchev–Trinajstić information content (AvgIpc) is 3.32. The van der Waals surface area contributed by atoms with Gasteiger partial charge in [0.1, 0.15) is 6.61 Å². The van der Waals surface area contributed by atoms with Crippen molar-refractivity contribution >= 4 is 5.78 Å². The molecule has 5 nitrogen and oxygen atoms in total. The van der Waals surface area contributed by atoms with Crippen LogP contribution in [0.15, 0.2) is 71.5 Å². The number of hydrogen-bond acceptors (Lipinski definition) is 5. The molecule has 2 atom stereocenters. The predicted octanol–water partition coefficient (Wildman–Crippen LogP) is 4.22. The number of piperazine rings is 1. The van der Waals surface area contributed by atoms with Crippen LogP contribution in [0.4, 0.5) is 0 Å². The van der Waals surface area contributed by atoms with Gasteiger partial charge in [0.15, 0.2) is 5.78 Å². The van der Waals surface area contributed by atoms with Crippen molar-refractivity contribution in [1.29, 1.82) is 0 Å². The first-order valence-corrected chi connectivity index (χ1v) is 10.9. The Morgan fingerprint density at radius 2 is 1.52 bits per heavy atom. The van der Waals surface area contributed by atoms with Gasteiger partial charge in [0.05, 0.1) is 12.5 Å². The number of hydrogen-bond donors (Lipinski definition) is 1. The third kappa shape index (κ3) is 5.13. The van der Waals surface area contributed by atoms with E-state index in [1.54, 1.807) is 12.5 Å².